The van der Waals surface area contributed by atoms with E-state index >= 15 is 0 Å². The Labute approximate surface area is 133 Å². The Morgan fingerprint density at radius 2 is 2.33 bits per heavy atom. The first-order valence-electron chi connectivity index (χ1n) is 6.02. The number of carbonyl (C=O) groups excluding carboxylic acids is 1. The highest BCUT2D eigenvalue weighted by Gasteiger charge is 2.31. The molecule has 1 aromatic carbocycles. The van der Waals surface area contributed by atoms with Crippen LogP contribution in [0.3, 0.4) is 0 Å². The van der Waals surface area contributed by atoms with Crippen LogP contribution in [-0.2, 0) is 14.3 Å². The van der Waals surface area contributed by atoms with Crippen LogP contribution in [0.5, 0.6) is 0 Å². The molecule has 1 heterocycles. The van der Waals surface area contributed by atoms with Crippen LogP contribution in [0.1, 0.15) is 0 Å². The van der Waals surface area contributed by atoms with Crippen LogP contribution >= 0.6 is 22.6 Å². The van der Waals surface area contributed by atoms with Crippen LogP contribution in [0.15, 0.2) is 12.1 Å². The summed E-state index contributed by atoms with van der Waals surface area (Å²) in [6, 6.07) is 2.29. The van der Waals surface area contributed by atoms with E-state index in [-0.39, 0.29) is 28.1 Å². The van der Waals surface area contributed by atoms with Crippen molar-refractivity contribution in [3.63, 3.8) is 0 Å². The molecule has 0 aromatic heterocycles. The smallest absolute Gasteiger partial charge is 0.336 e. The van der Waals surface area contributed by atoms with Crippen LogP contribution in [0.4, 0.5) is 15.8 Å². The quantitative estimate of drug-likeness (QED) is 0.327. The Balaban J connectivity index is 2.34. The lowest BCUT2D eigenvalue weighted by Gasteiger charge is -2.32. The first kappa shape index (κ1) is 15.9. The molecule has 9 heteroatoms. The van der Waals surface area contributed by atoms with E-state index < -0.39 is 22.8 Å². The van der Waals surface area contributed by atoms with Gasteiger partial charge in [0.1, 0.15) is 11.5 Å². The van der Waals surface area contributed by atoms with Gasteiger partial charge >= 0.3 is 5.97 Å². The largest absolute Gasteiger partial charge is 0.467 e. The van der Waals surface area contributed by atoms with Crippen molar-refractivity contribution < 1.29 is 23.6 Å². The molecule has 0 saturated carbocycles. The van der Waals surface area contributed by atoms with E-state index in [9.17, 15) is 19.3 Å². The Kier molecular flexibility index (Phi) is 4.93. The summed E-state index contributed by atoms with van der Waals surface area (Å²) in [5.41, 5.74) is -0.0681. The molecule has 7 nitrogen and oxygen atoms in total. The Bertz CT molecular complexity index is 583. The molecule has 2 rings (SSSR count). The number of anilines is 1. The molecular formula is C12H12FIN2O5. The molecule has 1 aliphatic rings. The number of nitro groups is 1. The number of carbonyl (C=O) groups is 1. The van der Waals surface area contributed by atoms with Crippen LogP contribution < -0.4 is 4.90 Å². The maximum atomic E-state index is 13.7. The van der Waals surface area contributed by atoms with Gasteiger partial charge in [-0.2, -0.15) is 0 Å². The average molecular weight is 410 g/mol. The fourth-order valence-corrected chi connectivity index (χ4v) is 2.52. The minimum atomic E-state index is -0.842. The first-order valence-corrected chi connectivity index (χ1v) is 7.09. The molecule has 114 valence electrons. The number of morpholine rings is 1. The van der Waals surface area contributed by atoms with E-state index in [1.165, 1.54) is 13.2 Å². The zero-order valence-electron chi connectivity index (χ0n) is 11.0. The van der Waals surface area contributed by atoms with Crippen LogP contribution in [0, 0.1) is 19.5 Å². The Hall–Kier alpha value is -1.49. The van der Waals surface area contributed by atoms with Crippen molar-refractivity contribution >= 4 is 39.9 Å². The minimum absolute atomic E-state index is 0.0769. The number of ether oxygens (including phenoxy) is 2. The van der Waals surface area contributed by atoms with Gasteiger partial charge < -0.3 is 14.4 Å². The number of benzene rings is 1. The third kappa shape index (κ3) is 3.40. The van der Waals surface area contributed by atoms with Gasteiger partial charge in [-0.25, -0.2) is 9.18 Å². The molecular weight excluding hydrogens is 398 g/mol. The van der Waals surface area contributed by atoms with Crippen molar-refractivity contribution in [3.05, 3.63) is 31.6 Å². The summed E-state index contributed by atoms with van der Waals surface area (Å²) < 4.78 is 23.7. The second-order valence-corrected chi connectivity index (χ2v) is 5.50. The molecule has 1 fully saturated rings. The summed E-state index contributed by atoms with van der Waals surface area (Å²) in [6.07, 6.45) is -0.842. The average Bonchev–Trinajstić information content (AvgIpc) is 2.48. The molecule has 0 amide bonds. The molecule has 1 aliphatic heterocycles. The number of esters is 1. The second-order valence-electron chi connectivity index (χ2n) is 4.34. The Morgan fingerprint density at radius 1 is 1.62 bits per heavy atom. The summed E-state index contributed by atoms with van der Waals surface area (Å²) >= 11 is 1.69. The number of nitro benzene ring substituents is 1. The minimum Gasteiger partial charge on any atom is -0.467 e. The van der Waals surface area contributed by atoms with Crippen LogP contribution in [0.2, 0.25) is 0 Å². The highest BCUT2D eigenvalue weighted by molar-refractivity contribution is 14.1. The van der Waals surface area contributed by atoms with E-state index in [4.69, 9.17) is 4.74 Å². The highest BCUT2D eigenvalue weighted by atomic mass is 127. The van der Waals surface area contributed by atoms with E-state index in [1.807, 2.05) is 0 Å². The van der Waals surface area contributed by atoms with Crippen molar-refractivity contribution in [1.82, 2.24) is 0 Å². The molecule has 1 atom stereocenters. The lowest BCUT2D eigenvalue weighted by molar-refractivity contribution is -0.384. The zero-order chi connectivity index (χ0) is 15.6. The van der Waals surface area contributed by atoms with Gasteiger partial charge in [-0.3, -0.25) is 10.1 Å². The number of methoxy groups -OCH3 is 1. The summed E-state index contributed by atoms with van der Waals surface area (Å²) in [5.74, 6) is -1.11. The Morgan fingerprint density at radius 3 is 2.95 bits per heavy atom. The van der Waals surface area contributed by atoms with Gasteiger partial charge in [-0.05, 0) is 22.6 Å². The second kappa shape index (κ2) is 6.52. The SMILES string of the molecule is COC(=O)C1CN(c2cc(F)c(I)cc2[N+](=O)[O-])CCO1. The third-order valence-corrected chi connectivity index (χ3v) is 3.91. The molecule has 0 spiro atoms. The molecule has 0 aliphatic carbocycles. The lowest BCUT2D eigenvalue weighted by atomic mass is 10.2. The van der Waals surface area contributed by atoms with Crippen molar-refractivity contribution in [1.29, 1.82) is 0 Å². The van der Waals surface area contributed by atoms with Gasteiger partial charge in [0.25, 0.3) is 5.69 Å². The van der Waals surface area contributed by atoms with Gasteiger partial charge in [0, 0.05) is 18.7 Å². The molecule has 0 N–H and O–H groups in total. The van der Waals surface area contributed by atoms with Gasteiger partial charge in [0.15, 0.2) is 6.10 Å². The molecule has 0 bridgehead atoms. The maximum absolute atomic E-state index is 13.7. The van der Waals surface area contributed by atoms with Crippen molar-refractivity contribution in [3.8, 4) is 0 Å². The van der Waals surface area contributed by atoms with Crippen LogP contribution in [-0.4, -0.2) is 43.8 Å². The van der Waals surface area contributed by atoms with E-state index in [0.717, 1.165) is 6.07 Å². The normalized spacial score (nSPS) is 18.4. The van der Waals surface area contributed by atoms with Gasteiger partial charge in [-0.15, -0.1) is 0 Å². The highest BCUT2D eigenvalue weighted by Crippen LogP contribution is 2.32. The number of hydrogen-bond donors (Lipinski definition) is 0. The zero-order valence-corrected chi connectivity index (χ0v) is 13.2. The number of rotatable bonds is 3. The standard InChI is InChI=1S/C12H12FIN2O5/c1-20-12(17)11-6-15(2-3-21-11)9-4-7(13)8(14)5-10(9)16(18)19/h4-5,11H,2-3,6H2,1H3. The van der Waals surface area contributed by atoms with Crippen LogP contribution in [0.25, 0.3) is 0 Å². The lowest BCUT2D eigenvalue weighted by Crippen LogP contribution is -2.46. The molecule has 1 saturated heterocycles. The fourth-order valence-electron chi connectivity index (χ4n) is 2.07. The van der Waals surface area contributed by atoms with Crippen molar-refractivity contribution in [2.45, 2.75) is 6.10 Å². The molecule has 1 aromatic rings. The van der Waals surface area contributed by atoms with Gasteiger partial charge in [-0.1, -0.05) is 0 Å². The monoisotopic (exact) mass is 410 g/mol. The number of nitrogens with zero attached hydrogens (tertiary/aromatic N) is 2. The van der Waals surface area contributed by atoms with E-state index in [0.29, 0.717) is 6.54 Å². The summed E-state index contributed by atoms with van der Waals surface area (Å²) in [7, 11) is 1.23. The predicted molar refractivity (Wildman–Crippen MR) is 79.7 cm³/mol. The molecule has 1 unspecified atom stereocenters. The topological polar surface area (TPSA) is 81.9 Å². The predicted octanol–water partition coefficient (Wildman–Crippen LogP) is 1.72. The number of hydrogen-bond acceptors (Lipinski definition) is 6. The van der Waals surface area contributed by atoms with E-state index in [1.54, 1.807) is 27.5 Å². The molecule has 21 heavy (non-hydrogen) atoms. The summed E-state index contributed by atoms with van der Waals surface area (Å²) in [4.78, 5) is 23.6. The van der Waals surface area contributed by atoms with Crippen molar-refractivity contribution in [2.75, 3.05) is 31.7 Å². The van der Waals surface area contributed by atoms with E-state index in [2.05, 4.69) is 4.74 Å². The number of halogens is 2. The van der Waals surface area contributed by atoms with Gasteiger partial charge in [0.2, 0.25) is 0 Å². The van der Waals surface area contributed by atoms with Crippen molar-refractivity contribution in [2.24, 2.45) is 0 Å². The summed E-state index contributed by atoms with van der Waals surface area (Å²) in [5, 5.41) is 11.1. The fraction of sp³-hybridized carbons (Fsp3) is 0.417. The first-order chi connectivity index (χ1) is 9.93. The van der Waals surface area contributed by atoms with Gasteiger partial charge in [0.05, 0.1) is 28.8 Å². The maximum Gasteiger partial charge on any atom is 0.336 e. The summed E-state index contributed by atoms with van der Waals surface area (Å²) in [6.45, 7) is 0.604. The molecule has 0 radical (unpaired) electrons. The third-order valence-electron chi connectivity index (χ3n) is 3.09.